The third-order valence-electron chi connectivity index (χ3n) is 5.39. The van der Waals surface area contributed by atoms with E-state index in [1.54, 1.807) is 0 Å². The number of nitrogens with one attached hydrogen (secondary N) is 1. The number of hydrogen-bond acceptors (Lipinski definition) is 2. The number of hydrogen-bond donors (Lipinski definition) is 1. The summed E-state index contributed by atoms with van der Waals surface area (Å²) < 4.78 is 0. The molecule has 2 heterocycles. The van der Waals surface area contributed by atoms with E-state index in [-0.39, 0.29) is 5.91 Å². The van der Waals surface area contributed by atoms with Crippen LogP contribution in [-0.4, -0.2) is 37.0 Å². The van der Waals surface area contributed by atoms with Gasteiger partial charge in [0, 0.05) is 18.1 Å². The monoisotopic (exact) mass is 320 g/mol. The molecule has 2 fully saturated rings. The Balaban J connectivity index is 1.75. The summed E-state index contributed by atoms with van der Waals surface area (Å²) in [6.07, 6.45) is 2.24. The van der Waals surface area contributed by atoms with E-state index in [9.17, 15) is 4.79 Å². The summed E-state index contributed by atoms with van der Waals surface area (Å²) in [6, 6.07) is 7.69. The maximum absolute atomic E-state index is 13.1. The Morgan fingerprint density at radius 3 is 2.45 bits per heavy atom. The van der Waals surface area contributed by atoms with Crippen LogP contribution in [0.15, 0.2) is 24.3 Å². The van der Waals surface area contributed by atoms with Crippen LogP contribution < -0.4 is 5.32 Å². The largest absolute Gasteiger partial charge is 0.342 e. The molecule has 2 atom stereocenters. The maximum atomic E-state index is 13.1. The van der Waals surface area contributed by atoms with Crippen molar-refractivity contribution < 1.29 is 4.79 Å². The predicted octanol–water partition coefficient (Wildman–Crippen LogP) is 3.08. The SMILES string of the molecule is CC(C)(C(=O)N1CC[C@@H]2CNC[C@@H]2CC1)c1cccc(Cl)c1. The molecular weight excluding hydrogens is 296 g/mol. The molecule has 0 aliphatic carbocycles. The quantitative estimate of drug-likeness (QED) is 0.908. The zero-order valence-corrected chi connectivity index (χ0v) is 14.2. The first-order valence-corrected chi connectivity index (χ1v) is 8.62. The molecule has 0 bridgehead atoms. The molecule has 1 amide bonds. The van der Waals surface area contributed by atoms with Crippen LogP contribution in [0.1, 0.15) is 32.3 Å². The number of fused-ring (bicyclic) bond motifs is 1. The van der Waals surface area contributed by atoms with E-state index in [1.807, 2.05) is 38.1 Å². The van der Waals surface area contributed by atoms with Gasteiger partial charge in [0.05, 0.1) is 5.41 Å². The summed E-state index contributed by atoms with van der Waals surface area (Å²) in [6.45, 7) is 8.01. The van der Waals surface area contributed by atoms with Gasteiger partial charge in [0.2, 0.25) is 5.91 Å². The van der Waals surface area contributed by atoms with E-state index in [2.05, 4.69) is 10.2 Å². The summed E-state index contributed by atoms with van der Waals surface area (Å²) in [7, 11) is 0. The number of rotatable bonds is 2. The normalized spacial score (nSPS) is 25.7. The van der Waals surface area contributed by atoms with Crippen LogP contribution in [0, 0.1) is 11.8 Å². The number of likely N-dealkylation sites (tertiary alicyclic amines) is 1. The molecule has 0 spiro atoms. The molecule has 3 nitrogen and oxygen atoms in total. The number of carbonyl (C=O) groups excluding carboxylic acids is 1. The molecule has 120 valence electrons. The zero-order valence-electron chi connectivity index (χ0n) is 13.4. The molecular formula is C18H25ClN2O. The van der Waals surface area contributed by atoms with Crippen LogP contribution in [0.3, 0.4) is 0 Å². The molecule has 2 saturated heterocycles. The standard InChI is InChI=1S/C18H25ClN2O/c1-18(2,15-4-3-5-16(19)10-15)17(22)21-8-6-13-11-20-12-14(13)7-9-21/h3-5,10,13-14,20H,6-9,11-12H2,1-2H3/t13-,14+. The molecule has 3 rings (SSSR count). The van der Waals surface area contributed by atoms with Gasteiger partial charge >= 0.3 is 0 Å². The molecule has 2 aliphatic rings. The van der Waals surface area contributed by atoms with Gasteiger partial charge in [0.15, 0.2) is 0 Å². The van der Waals surface area contributed by atoms with Gasteiger partial charge in [-0.25, -0.2) is 0 Å². The number of benzene rings is 1. The third kappa shape index (κ3) is 3.02. The topological polar surface area (TPSA) is 32.3 Å². The highest BCUT2D eigenvalue weighted by atomic mass is 35.5. The lowest BCUT2D eigenvalue weighted by Crippen LogP contribution is -2.44. The molecule has 2 aliphatic heterocycles. The number of nitrogens with zero attached hydrogens (tertiary/aromatic N) is 1. The van der Waals surface area contributed by atoms with Crippen molar-refractivity contribution in [1.29, 1.82) is 0 Å². The van der Waals surface area contributed by atoms with Crippen LogP contribution in [0.25, 0.3) is 0 Å². The lowest BCUT2D eigenvalue weighted by molar-refractivity contribution is -0.136. The Bertz CT molecular complexity index is 544. The first-order chi connectivity index (χ1) is 10.5. The molecule has 0 saturated carbocycles. The Labute approximate surface area is 138 Å². The molecule has 0 aromatic heterocycles. The fourth-order valence-electron chi connectivity index (χ4n) is 3.82. The first-order valence-electron chi connectivity index (χ1n) is 8.24. The predicted molar refractivity (Wildman–Crippen MR) is 90.1 cm³/mol. The van der Waals surface area contributed by atoms with Crippen molar-refractivity contribution in [2.24, 2.45) is 11.8 Å². The fraction of sp³-hybridized carbons (Fsp3) is 0.611. The van der Waals surface area contributed by atoms with Gasteiger partial charge in [-0.3, -0.25) is 4.79 Å². The van der Waals surface area contributed by atoms with Crippen LogP contribution in [0.2, 0.25) is 5.02 Å². The molecule has 22 heavy (non-hydrogen) atoms. The van der Waals surface area contributed by atoms with Crippen LogP contribution >= 0.6 is 11.6 Å². The first kappa shape index (κ1) is 15.8. The average molecular weight is 321 g/mol. The average Bonchev–Trinajstić information content (AvgIpc) is 2.85. The maximum Gasteiger partial charge on any atom is 0.232 e. The fourth-order valence-corrected chi connectivity index (χ4v) is 4.01. The van der Waals surface area contributed by atoms with E-state index in [0.717, 1.165) is 56.4 Å². The Morgan fingerprint density at radius 2 is 1.86 bits per heavy atom. The molecule has 1 N–H and O–H groups in total. The highest BCUT2D eigenvalue weighted by molar-refractivity contribution is 6.30. The van der Waals surface area contributed by atoms with Crippen LogP contribution in [0.5, 0.6) is 0 Å². The van der Waals surface area contributed by atoms with Crippen molar-refractivity contribution in [3.63, 3.8) is 0 Å². The molecule has 1 aromatic carbocycles. The summed E-state index contributed by atoms with van der Waals surface area (Å²) in [4.78, 5) is 15.1. The van der Waals surface area contributed by atoms with Crippen LogP contribution in [-0.2, 0) is 10.2 Å². The Kier molecular flexibility index (Phi) is 4.47. The van der Waals surface area contributed by atoms with Crippen molar-refractivity contribution in [3.05, 3.63) is 34.9 Å². The second-order valence-corrected chi connectivity index (χ2v) is 7.62. The van der Waals surface area contributed by atoms with Crippen molar-refractivity contribution in [1.82, 2.24) is 10.2 Å². The lowest BCUT2D eigenvalue weighted by Gasteiger charge is -2.32. The van der Waals surface area contributed by atoms with Crippen molar-refractivity contribution in [3.8, 4) is 0 Å². The molecule has 1 aromatic rings. The van der Waals surface area contributed by atoms with E-state index >= 15 is 0 Å². The highest BCUT2D eigenvalue weighted by Gasteiger charge is 2.37. The number of carbonyl (C=O) groups is 1. The van der Waals surface area contributed by atoms with Crippen molar-refractivity contribution in [2.45, 2.75) is 32.1 Å². The Hall–Kier alpha value is -1.06. The highest BCUT2D eigenvalue weighted by Crippen LogP contribution is 2.31. The third-order valence-corrected chi connectivity index (χ3v) is 5.62. The van der Waals surface area contributed by atoms with Gasteiger partial charge < -0.3 is 10.2 Å². The second-order valence-electron chi connectivity index (χ2n) is 7.18. The Morgan fingerprint density at radius 1 is 1.23 bits per heavy atom. The van der Waals surface area contributed by atoms with Crippen molar-refractivity contribution >= 4 is 17.5 Å². The van der Waals surface area contributed by atoms with Crippen molar-refractivity contribution in [2.75, 3.05) is 26.2 Å². The minimum Gasteiger partial charge on any atom is -0.342 e. The van der Waals surface area contributed by atoms with Gasteiger partial charge in [-0.15, -0.1) is 0 Å². The van der Waals surface area contributed by atoms with E-state index in [4.69, 9.17) is 11.6 Å². The summed E-state index contributed by atoms with van der Waals surface area (Å²) in [5.74, 6) is 1.71. The smallest absolute Gasteiger partial charge is 0.232 e. The summed E-state index contributed by atoms with van der Waals surface area (Å²) in [5.41, 5.74) is 0.471. The van der Waals surface area contributed by atoms with E-state index in [0.29, 0.717) is 5.02 Å². The minimum absolute atomic E-state index is 0.225. The molecule has 0 unspecified atom stereocenters. The van der Waals surface area contributed by atoms with E-state index in [1.165, 1.54) is 0 Å². The second kappa shape index (κ2) is 6.21. The number of halogens is 1. The van der Waals surface area contributed by atoms with Gasteiger partial charge in [-0.1, -0.05) is 23.7 Å². The lowest BCUT2D eigenvalue weighted by atomic mass is 9.83. The van der Waals surface area contributed by atoms with Crippen LogP contribution in [0.4, 0.5) is 0 Å². The zero-order chi connectivity index (χ0) is 15.7. The molecule has 4 heteroatoms. The van der Waals surface area contributed by atoms with Gasteiger partial charge in [-0.05, 0) is 69.3 Å². The minimum atomic E-state index is -0.525. The molecule has 0 radical (unpaired) electrons. The van der Waals surface area contributed by atoms with Gasteiger partial charge in [0.1, 0.15) is 0 Å². The number of amides is 1. The summed E-state index contributed by atoms with van der Waals surface area (Å²) >= 11 is 6.10. The van der Waals surface area contributed by atoms with E-state index < -0.39 is 5.41 Å². The van der Waals surface area contributed by atoms with Gasteiger partial charge in [0.25, 0.3) is 0 Å². The van der Waals surface area contributed by atoms with Gasteiger partial charge in [-0.2, -0.15) is 0 Å². The summed E-state index contributed by atoms with van der Waals surface area (Å²) in [5, 5.41) is 4.17.